The molecule has 0 radical (unpaired) electrons. The number of rotatable bonds is 12. The number of amides is 2. The lowest BCUT2D eigenvalue weighted by molar-refractivity contribution is -0.142. The van der Waals surface area contributed by atoms with Crippen LogP contribution in [0, 0.1) is 5.41 Å². The van der Waals surface area contributed by atoms with E-state index in [9.17, 15) is 14.4 Å². The Morgan fingerprint density at radius 1 is 1.25 bits per heavy atom. The first kappa shape index (κ1) is 31.6. The number of halogens is 2. The van der Waals surface area contributed by atoms with Crippen LogP contribution in [0.2, 0.25) is 10.0 Å². The minimum absolute atomic E-state index is 0.0994. The van der Waals surface area contributed by atoms with E-state index in [-0.39, 0.29) is 22.8 Å². The molecule has 4 rings (SSSR count). The molecular formula is C28H37Cl2N5O5. The molecule has 2 aromatic rings. The number of likely N-dealkylation sites (tertiary alicyclic amines) is 1. The molecule has 2 amide bonds. The highest BCUT2D eigenvalue weighted by atomic mass is 35.5. The number of hydrogen-bond donors (Lipinski definition) is 3. The second kappa shape index (κ2) is 15.2. The Morgan fingerprint density at radius 3 is 2.62 bits per heavy atom. The van der Waals surface area contributed by atoms with E-state index in [1.165, 1.54) is 45.3 Å². The van der Waals surface area contributed by atoms with Gasteiger partial charge in [0.2, 0.25) is 12.3 Å². The average Bonchev–Trinajstić information content (AvgIpc) is 2.90. The van der Waals surface area contributed by atoms with Crippen molar-refractivity contribution in [2.24, 2.45) is 5.41 Å². The minimum Gasteiger partial charge on any atom is -0.469 e. The normalized spacial score (nSPS) is 16.4. The zero-order valence-electron chi connectivity index (χ0n) is 23.0. The van der Waals surface area contributed by atoms with Gasteiger partial charge < -0.3 is 30.3 Å². The van der Waals surface area contributed by atoms with Crippen LogP contribution in [0.25, 0.3) is 0 Å². The molecule has 0 bridgehead atoms. The van der Waals surface area contributed by atoms with Crippen molar-refractivity contribution in [1.82, 2.24) is 20.5 Å². The maximum Gasteiger partial charge on any atom is 0.306 e. The average molecular weight is 595 g/mol. The maximum absolute atomic E-state index is 12.3. The summed E-state index contributed by atoms with van der Waals surface area (Å²) in [6, 6.07) is 9.39. The van der Waals surface area contributed by atoms with Gasteiger partial charge in [-0.15, -0.1) is 0 Å². The van der Waals surface area contributed by atoms with E-state index < -0.39 is 6.10 Å². The van der Waals surface area contributed by atoms with Crippen LogP contribution in [0.4, 0.5) is 5.69 Å². The lowest BCUT2D eigenvalue weighted by Crippen LogP contribution is -2.65. The molecule has 10 nitrogen and oxygen atoms in total. The number of ether oxygens (including phenoxy) is 2. The Balaban J connectivity index is 0.000000249. The number of aromatic nitrogens is 1. The van der Waals surface area contributed by atoms with Crippen LogP contribution < -0.4 is 20.7 Å². The number of carbonyl (C=O) groups is 3. The fourth-order valence-electron chi connectivity index (χ4n) is 4.95. The van der Waals surface area contributed by atoms with Crippen molar-refractivity contribution in [3.63, 3.8) is 0 Å². The first-order valence-corrected chi connectivity index (χ1v) is 14.0. The number of pyridine rings is 1. The zero-order chi connectivity index (χ0) is 29.1. The van der Waals surface area contributed by atoms with Gasteiger partial charge in [-0.1, -0.05) is 42.3 Å². The van der Waals surface area contributed by atoms with Crippen molar-refractivity contribution in [3.05, 3.63) is 52.1 Å². The minimum atomic E-state index is -0.734. The summed E-state index contributed by atoms with van der Waals surface area (Å²) in [5.41, 5.74) is 2.09. The summed E-state index contributed by atoms with van der Waals surface area (Å²) in [6.07, 6.45) is 4.85. The number of carbonyl (C=O) groups excluding carboxylic acids is 3. The van der Waals surface area contributed by atoms with E-state index in [4.69, 9.17) is 27.9 Å². The predicted octanol–water partition coefficient (Wildman–Crippen LogP) is 3.66. The van der Waals surface area contributed by atoms with E-state index in [1.807, 2.05) is 20.0 Å². The molecular weight excluding hydrogens is 557 g/mol. The predicted molar refractivity (Wildman–Crippen MR) is 155 cm³/mol. The molecule has 1 aliphatic heterocycles. The number of benzene rings is 1. The lowest BCUT2D eigenvalue weighted by Gasteiger charge is -2.59. The zero-order valence-corrected chi connectivity index (χ0v) is 24.6. The summed E-state index contributed by atoms with van der Waals surface area (Å²) < 4.78 is 10.2. The fourth-order valence-corrected chi connectivity index (χ4v) is 5.37. The molecule has 1 saturated heterocycles. The summed E-state index contributed by atoms with van der Waals surface area (Å²) in [5.74, 6) is -0.230. The van der Waals surface area contributed by atoms with Gasteiger partial charge in [-0.3, -0.25) is 14.4 Å². The van der Waals surface area contributed by atoms with E-state index >= 15 is 0 Å². The Bertz CT molecular complexity index is 1150. The van der Waals surface area contributed by atoms with Crippen molar-refractivity contribution in [2.75, 3.05) is 39.1 Å². The van der Waals surface area contributed by atoms with Gasteiger partial charge in [0, 0.05) is 44.1 Å². The van der Waals surface area contributed by atoms with Crippen molar-refractivity contribution in [1.29, 1.82) is 0 Å². The Hall–Kier alpha value is -2.92. The summed E-state index contributed by atoms with van der Waals surface area (Å²) >= 11 is 11.8. The number of nitrogens with zero attached hydrogens (tertiary/aromatic N) is 2. The molecule has 1 aromatic heterocycles. The van der Waals surface area contributed by atoms with Gasteiger partial charge in [-0.2, -0.15) is 0 Å². The third kappa shape index (κ3) is 9.05. The van der Waals surface area contributed by atoms with E-state index in [0.29, 0.717) is 41.9 Å². The van der Waals surface area contributed by atoms with Crippen LogP contribution in [-0.4, -0.2) is 74.1 Å². The summed E-state index contributed by atoms with van der Waals surface area (Å²) in [7, 11) is 3.48. The molecule has 1 spiro atoms. The van der Waals surface area contributed by atoms with Crippen LogP contribution in [0.1, 0.15) is 38.2 Å². The number of hydrogen-bond acceptors (Lipinski definition) is 8. The quantitative estimate of drug-likeness (QED) is 0.252. The van der Waals surface area contributed by atoms with E-state index in [1.54, 1.807) is 18.2 Å². The summed E-state index contributed by atoms with van der Waals surface area (Å²) in [4.78, 5) is 40.1. The third-order valence-electron chi connectivity index (χ3n) is 7.06. The lowest BCUT2D eigenvalue weighted by atomic mass is 9.60. The number of methoxy groups -OCH3 is 1. The second-order valence-corrected chi connectivity index (χ2v) is 10.9. The second-order valence-electron chi connectivity index (χ2n) is 10.1. The molecule has 1 saturated carbocycles. The highest BCUT2D eigenvalue weighted by Crippen LogP contribution is 2.48. The summed E-state index contributed by atoms with van der Waals surface area (Å²) in [6.45, 7) is 5.32. The molecule has 1 atom stereocenters. The Kier molecular flexibility index (Phi) is 12.0. The van der Waals surface area contributed by atoms with Gasteiger partial charge in [0.25, 0.3) is 5.91 Å². The van der Waals surface area contributed by atoms with Crippen LogP contribution in [-0.2, 0) is 25.7 Å². The third-order valence-corrected chi connectivity index (χ3v) is 7.53. The Morgan fingerprint density at radius 2 is 2.00 bits per heavy atom. The van der Waals surface area contributed by atoms with Gasteiger partial charge in [0.1, 0.15) is 5.02 Å². The first-order chi connectivity index (χ1) is 19.2. The SMILES string of the molecule is CCC(Oc1ncc(Cl)cc1Cl)C(=O)NCc1cccc(NC=O)c1.CNC1CC2(C1)CN(CCC(=O)OC)C2. The molecule has 12 heteroatoms. The number of anilines is 1. The molecule has 1 aromatic carbocycles. The standard InChI is InChI=1S/C17H17Cl2N3O3.C11H20N2O2/c1-2-15(25-17-14(19)7-12(18)9-21-17)16(24)20-8-11-4-3-5-13(6-11)22-10-23;1-12-9-5-11(6-9)7-13(8-11)4-3-10(14)15-2/h3-7,9-10,15H,2,8H2,1H3,(H,20,24)(H,22,23);9,12H,3-8H2,1-2H3. The smallest absolute Gasteiger partial charge is 0.306 e. The molecule has 2 aliphatic rings. The van der Waals surface area contributed by atoms with Crippen LogP contribution in [0.5, 0.6) is 5.88 Å². The van der Waals surface area contributed by atoms with Crippen LogP contribution in [0.3, 0.4) is 0 Å². The number of esters is 1. The highest BCUT2D eigenvalue weighted by Gasteiger charge is 2.51. The largest absolute Gasteiger partial charge is 0.469 e. The topological polar surface area (TPSA) is 122 Å². The molecule has 2 fully saturated rings. The van der Waals surface area contributed by atoms with Crippen LogP contribution in [0.15, 0.2) is 36.5 Å². The van der Waals surface area contributed by atoms with Gasteiger partial charge in [-0.05, 0) is 55.5 Å². The van der Waals surface area contributed by atoms with E-state index in [0.717, 1.165) is 18.2 Å². The van der Waals surface area contributed by atoms with E-state index in [2.05, 4.69) is 30.6 Å². The van der Waals surface area contributed by atoms with Gasteiger partial charge in [0.15, 0.2) is 6.10 Å². The molecule has 2 heterocycles. The van der Waals surface area contributed by atoms with Gasteiger partial charge >= 0.3 is 5.97 Å². The fraction of sp³-hybridized carbons (Fsp3) is 0.500. The van der Waals surface area contributed by atoms with Crippen molar-refractivity contribution in [3.8, 4) is 5.88 Å². The summed E-state index contributed by atoms with van der Waals surface area (Å²) in [5, 5.41) is 9.29. The van der Waals surface area contributed by atoms with Crippen molar-refractivity contribution >= 4 is 47.2 Å². The van der Waals surface area contributed by atoms with Gasteiger partial charge in [0.05, 0.1) is 18.6 Å². The molecule has 1 unspecified atom stereocenters. The van der Waals surface area contributed by atoms with Crippen LogP contribution >= 0.6 is 23.2 Å². The van der Waals surface area contributed by atoms with Gasteiger partial charge in [-0.25, -0.2) is 4.98 Å². The molecule has 3 N–H and O–H groups in total. The van der Waals surface area contributed by atoms with Crippen molar-refractivity contribution in [2.45, 2.75) is 51.3 Å². The first-order valence-electron chi connectivity index (χ1n) is 13.2. The monoisotopic (exact) mass is 593 g/mol. The highest BCUT2D eigenvalue weighted by molar-refractivity contribution is 6.35. The van der Waals surface area contributed by atoms with Crippen molar-refractivity contribution < 1.29 is 23.9 Å². The number of nitrogens with one attached hydrogen (secondary N) is 3. The molecule has 1 aliphatic carbocycles. The molecule has 40 heavy (non-hydrogen) atoms. The molecule has 218 valence electrons. The Labute approximate surface area is 245 Å². The maximum atomic E-state index is 12.3.